The van der Waals surface area contributed by atoms with E-state index in [1.54, 1.807) is 12.3 Å². The fraction of sp³-hybridized carbons (Fsp3) is 0.647. The summed E-state index contributed by atoms with van der Waals surface area (Å²) in [5, 5.41) is 7.35. The summed E-state index contributed by atoms with van der Waals surface area (Å²) in [6, 6.07) is 3.78. The summed E-state index contributed by atoms with van der Waals surface area (Å²) in [6.45, 7) is 6.31. The van der Waals surface area contributed by atoms with E-state index in [1.165, 1.54) is 25.7 Å². The Bertz CT molecular complexity index is 498. The highest BCUT2D eigenvalue weighted by atomic mass is 127. The normalized spacial score (nSPS) is 16.5. The number of rotatable bonds is 6. The molecule has 1 aliphatic carbocycles. The smallest absolute Gasteiger partial charge is 0.191 e. The average molecular weight is 451 g/mol. The van der Waals surface area contributed by atoms with Gasteiger partial charge in [0.15, 0.2) is 5.96 Å². The van der Waals surface area contributed by atoms with Crippen LogP contribution in [0.1, 0.15) is 45.1 Å². The van der Waals surface area contributed by atoms with Crippen LogP contribution >= 0.6 is 35.6 Å². The average Bonchev–Trinajstić information content (AvgIpc) is 2.45. The van der Waals surface area contributed by atoms with E-state index in [9.17, 15) is 0 Å². The van der Waals surface area contributed by atoms with Gasteiger partial charge in [-0.15, -0.1) is 24.0 Å². The predicted octanol–water partition coefficient (Wildman–Crippen LogP) is 4.23. The Morgan fingerprint density at radius 3 is 2.57 bits per heavy atom. The Hall–Kier alpha value is -0.560. The molecule has 2 N–H and O–H groups in total. The quantitative estimate of drug-likeness (QED) is 0.295. The van der Waals surface area contributed by atoms with Gasteiger partial charge in [-0.3, -0.25) is 4.99 Å². The number of halogens is 2. The number of pyridine rings is 1. The van der Waals surface area contributed by atoms with Gasteiger partial charge in [0.2, 0.25) is 0 Å². The third-order valence-electron chi connectivity index (χ3n) is 4.36. The fourth-order valence-corrected chi connectivity index (χ4v) is 3.30. The van der Waals surface area contributed by atoms with E-state index in [-0.39, 0.29) is 24.0 Å². The van der Waals surface area contributed by atoms with Gasteiger partial charge >= 0.3 is 0 Å². The molecule has 4 nitrogen and oxygen atoms in total. The molecule has 1 heterocycles. The van der Waals surface area contributed by atoms with Crippen LogP contribution in [0.2, 0.25) is 5.15 Å². The first-order valence-electron chi connectivity index (χ1n) is 8.08. The summed E-state index contributed by atoms with van der Waals surface area (Å²) < 4.78 is 0. The van der Waals surface area contributed by atoms with Crippen LogP contribution in [0.25, 0.3) is 0 Å². The van der Waals surface area contributed by atoms with Crippen molar-refractivity contribution in [3.05, 3.63) is 29.0 Å². The summed E-state index contributed by atoms with van der Waals surface area (Å²) in [7, 11) is 1.81. The topological polar surface area (TPSA) is 49.3 Å². The molecule has 0 unspecified atom stereocenters. The molecule has 130 valence electrons. The molecule has 1 saturated carbocycles. The molecule has 0 spiro atoms. The van der Waals surface area contributed by atoms with E-state index in [1.807, 2.05) is 13.1 Å². The molecule has 0 radical (unpaired) electrons. The number of aliphatic imine (C=N–C) groups is 1. The summed E-state index contributed by atoms with van der Waals surface area (Å²) in [4.78, 5) is 8.40. The van der Waals surface area contributed by atoms with Crippen molar-refractivity contribution in [2.24, 2.45) is 16.3 Å². The summed E-state index contributed by atoms with van der Waals surface area (Å²) in [6.07, 6.45) is 7.09. The molecule has 1 fully saturated rings. The highest BCUT2D eigenvalue weighted by Gasteiger charge is 2.37. The molecular weight excluding hydrogens is 423 g/mol. The largest absolute Gasteiger partial charge is 0.356 e. The van der Waals surface area contributed by atoms with Crippen molar-refractivity contribution in [1.29, 1.82) is 0 Å². The van der Waals surface area contributed by atoms with Crippen LogP contribution in [-0.2, 0) is 6.54 Å². The second kappa shape index (κ2) is 9.67. The lowest BCUT2D eigenvalue weighted by Crippen LogP contribution is -2.46. The zero-order valence-electron chi connectivity index (χ0n) is 14.2. The van der Waals surface area contributed by atoms with Gasteiger partial charge in [-0.25, -0.2) is 4.98 Å². The van der Waals surface area contributed by atoms with Gasteiger partial charge in [-0.1, -0.05) is 37.9 Å². The van der Waals surface area contributed by atoms with Crippen molar-refractivity contribution in [2.45, 2.75) is 46.1 Å². The molecule has 0 atom stereocenters. The highest BCUT2D eigenvalue weighted by molar-refractivity contribution is 14.0. The Balaban J connectivity index is 0.00000264. The maximum absolute atomic E-state index is 5.80. The van der Waals surface area contributed by atoms with Gasteiger partial charge in [0.1, 0.15) is 5.15 Å². The number of aromatic nitrogens is 1. The van der Waals surface area contributed by atoms with Crippen LogP contribution in [0.4, 0.5) is 0 Å². The van der Waals surface area contributed by atoms with E-state index in [4.69, 9.17) is 11.6 Å². The fourth-order valence-electron chi connectivity index (χ4n) is 3.18. The predicted molar refractivity (Wildman–Crippen MR) is 109 cm³/mol. The third-order valence-corrected chi connectivity index (χ3v) is 4.58. The second-order valence-electron chi connectivity index (χ2n) is 6.72. The van der Waals surface area contributed by atoms with Gasteiger partial charge in [0, 0.05) is 26.3 Å². The van der Waals surface area contributed by atoms with Crippen LogP contribution in [0.15, 0.2) is 23.3 Å². The lowest BCUT2D eigenvalue weighted by atomic mass is 9.64. The first kappa shape index (κ1) is 20.5. The first-order valence-corrected chi connectivity index (χ1v) is 8.46. The zero-order valence-corrected chi connectivity index (χ0v) is 17.3. The van der Waals surface area contributed by atoms with E-state index in [2.05, 4.69) is 34.5 Å². The van der Waals surface area contributed by atoms with Gasteiger partial charge in [0.25, 0.3) is 0 Å². The molecule has 1 aliphatic rings. The van der Waals surface area contributed by atoms with Crippen molar-refractivity contribution >= 4 is 41.5 Å². The van der Waals surface area contributed by atoms with Gasteiger partial charge in [-0.05, 0) is 42.2 Å². The SMILES string of the molecule is CN=C(NCc1ccc(Cl)nc1)NCC1(CC(C)C)CCC1.I. The maximum Gasteiger partial charge on any atom is 0.191 e. The number of guanidine groups is 1. The number of nitrogens with one attached hydrogen (secondary N) is 2. The molecule has 0 aliphatic heterocycles. The van der Waals surface area contributed by atoms with E-state index in [0.29, 0.717) is 17.1 Å². The molecule has 0 aromatic carbocycles. The Morgan fingerprint density at radius 1 is 1.35 bits per heavy atom. The second-order valence-corrected chi connectivity index (χ2v) is 7.11. The van der Waals surface area contributed by atoms with Gasteiger partial charge in [0.05, 0.1) is 0 Å². The minimum absolute atomic E-state index is 0. The van der Waals surface area contributed by atoms with Crippen LogP contribution in [0, 0.1) is 11.3 Å². The van der Waals surface area contributed by atoms with E-state index >= 15 is 0 Å². The maximum atomic E-state index is 5.80. The number of nitrogens with zero attached hydrogens (tertiary/aromatic N) is 2. The molecule has 1 aromatic heterocycles. The lowest BCUT2D eigenvalue weighted by molar-refractivity contribution is 0.104. The zero-order chi connectivity index (χ0) is 16.0. The summed E-state index contributed by atoms with van der Waals surface area (Å²) >= 11 is 5.80. The van der Waals surface area contributed by atoms with Gasteiger partial charge < -0.3 is 10.6 Å². The molecular formula is C17H28ClIN4. The summed E-state index contributed by atoms with van der Waals surface area (Å²) in [5.74, 6) is 1.60. The number of hydrogen-bond acceptors (Lipinski definition) is 2. The lowest BCUT2D eigenvalue weighted by Gasteiger charge is -2.43. The molecule has 1 aromatic rings. The van der Waals surface area contributed by atoms with Crippen LogP contribution < -0.4 is 10.6 Å². The molecule has 0 amide bonds. The van der Waals surface area contributed by atoms with Crippen LogP contribution in [-0.4, -0.2) is 24.5 Å². The van der Waals surface area contributed by atoms with Gasteiger partial charge in [-0.2, -0.15) is 0 Å². The molecule has 0 saturated heterocycles. The monoisotopic (exact) mass is 450 g/mol. The highest BCUT2D eigenvalue weighted by Crippen LogP contribution is 2.45. The van der Waals surface area contributed by atoms with Crippen molar-refractivity contribution in [1.82, 2.24) is 15.6 Å². The van der Waals surface area contributed by atoms with Crippen molar-refractivity contribution in [2.75, 3.05) is 13.6 Å². The molecule has 6 heteroatoms. The molecule has 23 heavy (non-hydrogen) atoms. The van der Waals surface area contributed by atoms with E-state index in [0.717, 1.165) is 24.0 Å². The number of hydrogen-bond donors (Lipinski definition) is 2. The molecule has 0 bridgehead atoms. The minimum atomic E-state index is 0. The molecule has 2 rings (SSSR count). The standard InChI is InChI=1S/C17H27ClN4.HI/c1-13(2)9-17(7-4-8-17)12-22-16(19-3)21-11-14-5-6-15(18)20-10-14;/h5-6,10,13H,4,7-9,11-12H2,1-3H3,(H2,19,21,22);1H. The van der Waals surface area contributed by atoms with Crippen molar-refractivity contribution < 1.29 is 0 Å². The Kier molecular flexibility index (Phi) is 8.61. The Labute approximate surface area is 161 Å². The Morgan fingerprint density at radius 2 is 2.09 bits per heavy atom. The van der Waals surface area contributed by atoms with Crippen molar-refractivity contribution in [3.63, 3.8) is 0 Å². The third kappa shape index (κ3) is 6.45. The van der Waals surface area contributed by atoms with E-state index < -0.39 is 0 Å². The summed E-state index contributed by atoms with van der Waals surface area (Å²) in [5.41, 5.74) is 1.56. The van der Waals surface area contributed by atoms with Crippen molar-refractivity contribution in [3.8, 4) is 0 Å². The first-order chi connectivity index (χ1) is 10.5. The van der Waals surface area contributed by atoms with Crippen LogP contribution in [0.5, 0.6) is 0 Å². The van der Waals surface area contributed by atoms with Crippen LogP contribution in [0.3, 0.4) is 0 Å². The minimum Gasteiger partial charge on any atom is -0.356 e.